The van der Waals surface area contributed by atoms with Crippen molar-refractivity contribution >= 4 is 11.9 Å². The van der Waals surface area contributed by atoms with Crippen molar-refractivity contribution in [1.82, 2.24) is 0 Å². The lowest BCUT2D eigenvalue weighted by molar-refractivity contribution is -0.138. The van der Waals surface area contributed by atoms with Gasteiger partial charge in [0.25, 0.3) is 0 Å². The van der Waals surface area contributed by atoms with Gasteiger partial charge in [0.2, 0.25) is 0 Å². The van der Waals surface area contributed by atoms with Crippen LogP contribution in [0.4, 0.5) is 0 Å². The van der Waals surface area contributed by atoms with Crippen LogP contribution in [0.1, 0.15) is 12.8 Å². The summed E-state index contributed by atoms with van der Waals surface area (Å²) in [5.74, 6) is 0.579. The number of carbonyl (C=O) groups excluding carboxylic acids is 2. The van der Waals surface area contributed by atoms with Gasteiger partial charge < -0.3 is 9.47 Å². The number of hydrogen-bond acceptors (Lipinski definition) is 5. The average Bonchev–Trinajstić information content (AvgIpc) is 2.97. The molecule has 0 N–H and O–H groups in total. The van der Waals surface area contributed by atoms with Gasteiger partial charge in [0, 0.05) is 0 Å². The zero-order chi connectivity index (χ0) is 10.4. The summed E-state index contributed by atoms with van der Waals surface area (Å²) in [6, 6.07) is 1.61. The van der Waals surface area contributed by atoms with Gasteiger partial charge in [-0.05, 0) is 12.8 Å². The zero-order valence-electron chi connectivity index (χ0n) is 7.28. The Kier molecular flexibility index (Phi) is 3.51. The predicted octanol–water partition coefficient (Wildman–Crippen LogP) is -0.0327. The molecule has 0 aromatic carbocycles. The summed E-state index contributed by atoms with van der Waals surface area (Å²) in [6.07, 6.45) is 3.57. The van der Waals surface area contributed by atoms with Crippen LogP contribution in [0, 0.1) is 29.3 Å². The quantitative estimate of drug-likeness (QED) is 0.454. The Morgan fingerprint density at radius 3 is 2.71 bits per heavy atom. The van der Waals surface area contributed by atoms with Crippen LogP contribution in [-0.4, -0.2) is 18.5 Å². The fraction of sp³-hybridized carbons (Fsp3) is 0.444. The molecule has 0 saturated heterocycles. The molecule has 0 unspecified atom stereocenters. The Balaban J connectivity index is 2.21. The molecule has 0 amide bonds. The zero-order valence-corrected chi connectivity index (χ0v) is 7.28. The van der Waals surface area contributed by atoms with Crippen LogP contribution in [0.15, 0.2) is 0 Å². The summed E-state index contributed by atoms with van der Waals surface area (Å²) in [4.78, 5) is 21.5. The van der Waals surface area contributed by atoms with Crippen molar-refractivity contribution in [2.45, 2.75) is 12.8 Å². The lowest BCUT2D eigenvalue weighted by atomic mass is 10.4. The van der Waals surface area contributed by atoms with Crippen molar-refractivity contribution in [3.8, 4) is 18.1 Å². The highest BCUT2D eigenvalue weighted by atomic mass is 16.5. The van der Waals surface area contributed by atoms with E-state index in [1.54, 1.807) is 6.07 Å². The molecule has 0 aliphatic heterocycles. The summed E-state index contributed by atoms with van der Waals surface area (Å²) >= 11 is 0. The van der Waals surface area contributed by atoms with Gasteiger partial charge in [-0.3, -0.25) is 4.79 Å². The number of nitriles is 1. The summed E-state index contributed by atoms with van der Waals surface area (Å²) in [5, 5.41) is 8.05. The van der Waals surface area contributed by atoms with E-state index in [1.807, 2.05) is 12.0 Å². The van der Waals surface area contributed by atoms with E-state index in [0.29, 0.717) is 0 Å². The molecule has 0 radical (unpaired) electrons. The van der Waals surface area contributed by atoms with Crippen molar-refractivity contribution in [2.24, 2.45) is 5.92 Å². The number of carbonyl (C=O) groups is 2. The van der Waals surface area contributed by atoms with E-state index < -0.39 is 11.9 Å². The molecule has 1 aliphatic rings. The molecule has 5 nitrogen and oxygen atoms in total. The van der Waals surface area contributed by atoms with Crippen molar-refractivity contribution in [3.63, 3.8) is 0 Å². The second kappa shape index (κ2) is 4.88. The van der Waals surface area contributed by atoms with Crippen LogP contribution in [-0.2, 0) is 19.1 Å². The first-order valence-corrected chi connectivity index (χ1v) is 3.99. The number of esters is 2. The number of nitrogens with zero attached hydrogens (tertiary/aromatic N) is 1. The maximum Gasteiger partial charge on any atom is 0.388 e. The SMILES string of the molecule is N#CCOC(=O)C#COC(=O)C1CC1. The Morgan fingerprint density at radius 1 is 1.43 bits per heavy atom. The summed E-state index contributed by atoms with van der Waals surface area (Å²) in [5.41, 5.74) is 0. The van der Waals surface area contributed by atoms with Crippen molar-refractivity contribution < 1.29 is 19.1 Å². The van der Waals surface area contributed by atoms with Crippen LogP contribution in [0.3, 0.4) is 0 Å². The molecule has 1 aliphatic carbocycles. The molecule has 72 valence electrons. The summed E-state index contributed by atoms with van der Waals surface area (Å²) in [7, 11) is 0. The highest BCUT2D eigenvalue weighted by Gasteiger charge is 2.31. The average molecular weight is 193 g/mol. The van der Waals surface area contributed by atoms with Gasteiger partial charge >= 0.3 is 11.9 Å². The topological polar surface area (TPSA) is 76.4 Å². The molecule has 0 bridgehead atoms. The van der Waals surface area contributed by atoms with Crippen LogP contribution in [0.2, 0.25) is 0 Å². The largest absolute Gasteiger partial charge is 0.441 e. The van der Waals surface area contributed by atoms with Crippen molar-refractivity contribution in [2.75, 3.05) is 6.61 Å². The van der Waals surface area contributed by atoms with Gasteiger partial charge in [-0.2, -0.15) is 5.26 Å². The first-order valence-electron chi connectivity index (χ1n) is 3.99. The lowest BCUT2D eigenvalue weighted by Gasteiger charge is -1.90. The van der Waals surface area contributed by atoms with Crippen molar-refractivity contribution in [3.05, 3.63) is 0 Å². The van der Waals surface area contributed by atoms with Gasteiger partial charge in [-0.1, -0.05) is 0 Å². The minimum atomic E-state index is -0.879. The minimum absolute atomic E-state index is 0.0561. The molecule has 5 heteroatoms. The third kappa shape index (κ3) is 3.59. The normalized spacial score (nSPS) is 13.1. The van der Waals surface area contributed by atoms with E-state index in [9.17, 15) is 9.59 Å². The monoisotopic (exact) mass is 193 g/mol. The Labute approximate surface area is 80.6 Å². The molecule has 1 fully saturated rings. The summed E-state index contributed by atoms with van der Waals surface area (Å²) in [6.45, 7) is -0.357. The van der Waals surface area contributed by atoms with E-state index in [4.69, 9.17) is 5.26 Å². The molecular weight excluding hydrogens is 186 g/mol. The first-order chi connectivity index (χ1) is 6.74. The number of rotatable bonds is 2. The van der Waals surface area contributed by atoms with Crippen molar-refractivity contribution in [1.29, 1.82) is 5.26 Å². The molecule has 1 saturated carbocycles. The highest BCUT2D eigenvalue weighted by molar-refractivity contribution is 5.88. The fourth-order valence-electron chi connectivity index (χ4n) is 0.654. The molecule has 0 heterocycles. The van der Waals surface area contributed by atoms with E-state index in [1.165, 1.54) is 0 Å². The van der Waals surface area contributed by atoms with E-state index >= 15 is 0 Å². The fourth-order valence-corrected chi connectivity index (χ4v) is 0.654. The third-order valence-electron chi connectivity index (χ3n) is 1.48. The van der Waals surface area contributed by atoms with Gasteiger partial charge in [0.1, 0.15) is 12.2 Å². The minimum Gasteiger partial charge on any atom is -0.441 e. The smallest absolute Gasteiger partial charge is 0.388 e. The van der Waals surface area contributed by atoms with Gasteiger partial charge in [-0.25, -0.2) is 4.79 Å². The molecule has 0 aromatic heterocycles. The Bertz CT molecular complexity index is 340. The maximum absolute atomic E-state index is 10.9. The van der Waals surface area contributed by atoms with Gasteiger partial charge in [0.15, 0.2) is 6.61 Å². The Morgan fingerprint density at radius 2 is 2.14 bits per heavy atom. The highest BCUT2D eigenvalue weighted by Crippen LogP contribution is 2.29. The molecule has 14 heavy (non-hydrogen) atoms. The number of hydrogen-bond donors (Lipinski definition) is 0. The van der Waals surface area contributed by atoms with E-state index in [0.717, 1.165) is 12.8 Å². The predicted molar refractivity (Wildman–Crippen MR) is 43.2 cm³/mol. The Hall–Kier alpha value is -2.01. The maximum atomic E-state index is 10.9. The lowest BCUT2D eigenvalue weighted by Crippen LogP contribution is -2.04. The molecular formula is C9H7NO4. The van der Waals surface area contributed by atoms with E-state index in [2.05, 4.69) is 9.47 Å². The summed E-state index contributed by atoms with van der Waals surface area (Å²) < 4.78 is 8.72. The number of ether oxygens (including phenoxy) is 2. The van der Waals surface area contributed by atoms with Crippen LogP contribution < -0.4 is 0 Å². The molecule has 0 aromatic rings. The second-order valence-electron chi connectivity index (χ2n) is 2.66. The molecule has 0 spiro atoms. The molecule has 1 rings (SSSR count). The second-order valence-corrected chi connectivity index (χ2v) is 2.66. The van der Waals surface area contributed by atoms with Gasteiger partial charge in [-0.15, -0.1) is 0 Å². The first kappa shape index (κ1) is 10.1. The van der Waals surface area contributed by atoms with Crippen LogP contribution in [0.5, 0.6) is 0 Å². The molecule has 0 atom stereocenters. The van der Waals surface area contributed by atoms with E-state index in [-0.39, 0.29) is 12.5 Å². The van der Waals surface area contributed by atoms with Crippen LogP contribution in [0.25, 0.3) is 0 Å². The van der Waals surface area contributed by atoms with Gasteiger partial charge in [0.05, 0.1) is 11.8 Å². The standard InChI is InChI=1S/C9H7NO4/c10-4-6-13-8(11)3-5-14-9(12)7-1-2-7/h7H,1-2,6H2. The van der Waals surface area contributed by atoms with Crippen LogP contribution >= 0.6 is 0 Å². The third-order valence-corrected chi connectivity index (χ3v) is 1.48.